The lowest BCUT2D eigenvalue weighted by atomic mass is 10.1. The van der Waals surface area contributed by atoms with E-state index in [1.807, 2.05) is 30.5 Å². The molecule has 0 amide bonds. The number of hydrogen-bond acceptors (Lipinski definition) is 6. The van der Waals surface area contributed by atoms with Crippen molar-refractivity contribution in [2.45, 2.75) is 31.9 Å². The second-order valence-corrected chi connectivity index (χ2v) is 9.38. The maximum Gasteiger partial charge on any atom is 0.573 e. The van der Waals surface area contributed by atoms with Gasteiger partial charge in [0.25, 0.3) is 0 Å². The summed E-state index contributed by atoms with van der Waals surface area (Å²) in [7, 11) is 0. The average molecular weight is 531 g/mol. The molecule has 37 heavy (non-hydrogen) atoms. The minimum atomic E-state index is -4.76. The van der Waals surface area contributed by atoms with Gasteiger partial charge in [-0.05, 0) is 49.2 Å². The van der Waals surface area contributed by atoms with Gasteiger partial charge in [-0.2, -0.15) is 0 Å². The summed E-state index contributed by atoms with van der Waals surface area (Å²) in [6.45, 7) is 3.54. The maximum absolute atomic E-state index is 12.3. The van der Waals surface area contributed by atoms with Gasteiger partial charge in [0.2, 0.25) is 0 Å². The van der Waals surface area contributed by atoms with Crippen LogP contribution in [0.4, 0.5) is 19.0 Å². The number of hydrogen-bond donors (Lipinski definition) is 1. The van der Waals surface area contributed by atoms with Gasteiger partial charge in [-0.1, -0.05) is 35.9 Å². The molecular weight excluding hydrogens is 505 g/mol. The number of nitrogens with zero attached hydrogens (tertiary/aromatic N) is 3. The highest BCUT2D eigenvalue weighted by molar-refractivity contribution is 6.32. The molecule has 2 aromatic heterocycles. The summed E-state index contributed by atoms with van der Waals surface area (Å²) in [5, 5.41) is 6.51. The number of halogens is 4. The molecule has 3 heterocycles. The van der Waals surface area contributed by atoms with Gasteiger partial charge in [0.05, 0.1) is 16.6 Å². The normalized spacial score (nSPS) is 14.3. The summed E-state index contributed by atoms with van der Waals surface area (Å²) >= 11 is 5.89. The van der Waals surface area contributed by atoms with Crippen molar-refractivity contribution in [1.82, 2.24) is 15.3 Å². The van der Waals surface area contributed by atoms with E-state index >= 15 is 0 Å². The SMILES string of the molecule is FC(F)(F)Oc1ccc(CNCCCCOC2CN(c3nc4ccccc4c4cnccc34)C2)cc1Cl. The van der Waals surface area contributed by atoms with Crippen molar-refractivity contribution in [3.63, 3.8) is 0 Å². The number of unbranched alkanes of at least 4 members (excludes halogenated alkanes) is 1. The van der Waals surface area contributed by atoms with E-state index in [1.54, 1.807) is 12.3 Å². The third kappa shape index (κ3) is 6.23. The number of para-hydroxylation sites is 1. The van der Waals surface area contributed by atoms with Crippen LogP contribution in [-0.2, 0) is 11.3 Å². The molecule has 0 spiro atoms. The first-order chi connectivity index (χ1) is 17.9. The van der Waals surface area contributed by atoms with E-state index < -0.39 is 12.1 Å². The average Bonchev–Trinajstić information content (AvgIpc) is 2.85. The number of pyridine rings is 2. The summed E-state index contributed by atoms with van der Waals surface area (Å²) in [4.78, 5) is 11.5. The zero-order valence-electron chi connectivity index (χ0n) is 20.0. The summed E-state index contributed by atoms with van der Waals surface area (Å²) < 4.78 is 46.9. The monoisotopic (exact) mass is 530 g/mol. The Bertz CT molecular complexity index is 1380. The van der Waals surface area contributed by atoms with Gasteiger partial charge < -0.3 is 19.7 Å². The molecular formula is C27H26ClF3N4O2. The predicted octanol–water partition coefficient (Wildman–Crippen LogP) is 6.11. The first-order valence-corrected chi connectivity index (χ1v) is 12.5. The van der Waals surface area contributed by atoms with Crippen LogP contribution in [-0.4, -0.2) is 48.7 Å². The van der Waals surface area contributed by atoms with Gasteiger partial charge in [-0.25, -0.2) is 4.98 Å². The lowest BCUT2D eigenvalue weighted by molar-refractivity contribution is -0.274. The fourth-order valence-corrected chi connectivity index (χ4v) is 4.67. The van der Waals surface area contributed by atoms with Crippen LogP contribution in [0.1, 0.15) is 18.4 Å². The molecule has 10 heteroatoms. The van der Waals surface area contributed by atoms with Gasteiger partial charge in [0.15, 0.2) is 0 Å². The van der Waals surface area contributed by atoms with Crippen LogP contribution < -0.4 is 15.0 Å². The Morgan fingerprint density at radius 1 is 1.03 bits per heavy atom. The zero-order valence-corrected chi connectivity index (χ0v) is 20.7. The highest BCUT2D eigenvalue weighted by atomic mass is 35.5. The largest absolute Gasteiger partial charge is 0.573 e. The first kappa shape index (κ1) is 25.5. The van der Waals surface area contributed by atoms with Gasteiger partial charge in [0, 0.05) is 54.8 Å². The lowest BCUT2D eigenvalue weighted by Gasteiger charge is -2.40. The Morgan fingerprint density at radius 2 is 1.86 bits per heavy atom. The highest BCUT2D eigenvalue weighted by Crippen LogP contribution is 2.33. The Kier molecular flexibility index (Phi) is 7.64. The number of rotatable bonds is 10. The number of nitrogens with one attached hydrogen (secondary N) is 1. The molecule has 6 nitrogen and oxygen atoms in total. The van der Waals surface area contributed by atoms with Crippen molar-refractivity contribution in [3.05, 3.63) is 71.5 Å². The molecule has 2 aromatic carbocycles. The molecule has 1 fully saturated rings. The molecule has 4 aromatic rings. The molecule has 194 valence electrons. The fraction of sp³-hybridized carbons (Fsp3) is 0.333. The summed E-state index contributed by atoms with van der Waals surface area (Å²) in [6, 6.07) is 14.4. The number of alkyl halides is 3. The molecule has 1 saturated heterocycles. The standard InChI is InChI=1S/C27H26ClF3N4O2/c28-23-13-18(7-8-25(23)37-27(29,30)31)14-32-10-3-4-12-36-19-16-35(17-19)26-21-9-11-33-15-22(21)20-5-1-2-6-24(20)34-26/h1-2,5-9,11,13,15,19,32H,3-4,10,12,14,16-17H2. The fourth-order valence-electron chi connectivity index (χ4n) is 4.43. The van der Waals surface area contributed by atoms with Crippen LogP contribution in [0.3, 0.4) is 0 Å². The molecule has 0 saturated carbocycles. The van der Waals surface area contributed by atoms with Gasteiger partial charge in [0.1, 0.15) is 11.6 Å². The van der Waals surface area contributed by atoms with Crippen molar-refractivity contribution < 1.29 is 22.6 Å². The number of aromatic nitrogens is 2. The zero-order chi connectivity index (χ0) is 25.8. The number of ether oxygens (including phenoxy) is 2. The number of anilines is 1. The van der Waals surface area contributed by atoms with E-state index in [-0.39, 0.29) is 11.1 Å². The van der Waals surface area contributed by atoms with Crippen molar-refractivity contribution in [2.24, 2.45) is 0 Å². The molecule has 0 radical (unpaired) electrons. The minimum Gasteiger partial charge on any atom is -0.404 e. The third-order valence-corrected chi connectivity index (χ3v) is 6.58. The number of fused-ring (bicyclic) bond motifs is 3. The second kappa shape index (κ2) is 11.1. The summed E-state index contributed by atoms with van der Waals surface area (Å²) in [5.74, 6) is 0.574. The highest BCUT2D eigenvalue weighted by Gasteiger charge is 2.32. The van der Waals surface area contributed by atoms with Crippen LogP contribution >= 0.6 is 11.6 Å². The molecule has 1 N–H and O–H groups in total. The molecule has 0 aliphatic carbocycles. The van der Waals surface area contributed by atoms with Crippen molar-refractivity contribution in [3.8, 4) is 5.75 Å². The molecule has 0 atom stereocenters. The van der Waals surface area contributed by atoms with E-state index in [2.05, 4.69) is 26.0 Å². The molecule has 1 aliphatic rings. The second-order valence-electron chi connectivity index (χ2n) is 8.97. The molecule has 0 bridgehead atoms. The Balaban J connectivity index is 1.02. The lowest BCUT2D eigenvalue weighted by Crippen LogP contribution is -2.52. The smallest absolute Gasteiger partial charge is 0.404 e. The predicted molar refractivity (Wildman–Crippen MR) is 138 cm³/mol. The number of benzene rings is 2. The Labute approximate surface area is 217 Å². The Hall–Kier alpha value is -3.14. The molecule has 0 unspecified atom stereocenters. The van der Waals surface area contributed by atoms with Crippen LogP contribution in [0.2, 0.25) is 5.02 Å². The van der Waals surface area contributed by atoms with Crippen molar-refractivity contribution in [2.75, 3.05) is 31.1 Å². The Morgan fingerprint density at radius 3 is 2.68 bits per heavy atom. The van der Waals surface area contributed by atoms with E-state index in [0.717, 1.165) is 65.5 Å². The topological polar surface area (TPSA) is 59.5 Å². The quantitative estimate of drug-likeness (QED) is 0.197. The van der Waals surface area contributed by atoms with Crippen LogP contribution in [0.5, 0.6) is 5.75 Å². The van der Waals surface area contributed by atoms with E-state index in [1.165, 1.54) is 12.1 Å². The van der Waals surface area contributed by atoms with E-state index in [4.69, 9.17) is 21.3 Å². The molecule has 5 rings (SSSR count). The van der Waals surface area contributed by atoms with Gasteiger partial charge in [-0.15, -0.1) is 13.2 Å². The van der Waals surface area contributed by atoms with Crippen LogP contribution in [0, 0.1) is 0 Å². The van der Waals surface area contributed by atoms with Crippen molar-refractivity contribution >= 4 is 39.1 Å². The minimum absolute atomic E-state index is 0.0666. The van der Waals surface area contributed by atoms with Gasteiger partial charge >= 0.3 is 6.36 Å². The maximum atomic E-state index is 12.3. The molecule has 1 aliphatic heterocycles. The van der Waals surface area contributed by atoms with Crippen LogP contribution in [0.15, 0.2) is 60.9 Å². The van der Waals surface area contributed by atoms with Crippen LogP contribution in [0.25, 0.3) is 21.7 Å². The summed E-state index contributed by atoms with van der Waals surface area (Å²) in [6.07, 6.45) is 0.946. The summed E-state index contributed by atoms with van der Waals surface area (Å²) in [5.41, 5.74) is 1.75. The van der Waals surface area contributed by atoms with Crippen molar-refractivity contribution in [1.29, 1.82) is 0 Å². The third-order valence-electron chi connectivity index (χ3n) is 6.28. The first-order valence-electron chi connectivity index (χ1n) is 12.1. The van der Waals surface area contributed by atoms with E-state index in [9.17, 15) is 13.2 Å². The van der Waals surface area contributed by atoms with E-state index in [0.29, 0.717) is 13.2 Å². The van der Waals surface area contributed by atoms with Gasteiger partial charge in [-0.3, -0.25) is 4.98 Å².